The first-order valence-corrected chi connectivity index (χ1v) is 8.40. The lowest BCUT2D eigenvalue weighted by Crippen LogP contribution is -1.97. The molecule has 4 nitrogen and oxygen atoms in total. The van der Waals surface area contributed by atoms with Crippen LogP contribution in [0.5, 0.6) is 0 Å². The number of halogens is 1. The zero-order valence-electron chi connectivity index (χ0n) is 13.1. The van der Waals surface area contributed by atoms with Gasteiger partial charge >= 0.3 is 0 Å². The number of nitrogens with one attached hydrogen (secondary N) is 1. The van der Waals surface area contributed by atoms with Gasteiger partial charge in [-0.15, -0.1) is 0 Å². The van der Waals surface area contributed by atoms with Gasteiger partial charge in [0.25, 0.3) is 0 Å². The minimum atomic E-state index is 0.802. The Hall–Kier alpha value is -2.66. The molecule has 0 aliphatic heterocycles. The molecule has 0 radical (unpaired) electrons. The van der Waals surface area contributed by atoms with E-state index in [9.17, 15) is 0 Å². The van der Waals surface area contributed by atoms with Crippen molar-refractivity contribution in [3.63, 3.8) is 0 Å². The number of benzene rings is 2. The zero-order valence-corrected chi connectivity index (χ0v) is 14.7. The minimum absolute atomic E-state index is 0.802. The molecule has 0 amide bonds. The summed E-state index contributed by atoms with van der Waals surface area (Å²) in [6, 6.07) is 20.5. The van der Waals surface area contributed by atoms with Gasteiger partial charge in [0.05, 0.1) is 11.1 Å². The minimum Gasteiger partial charge on any atom is -0.340 e. The van der Waals surface area contributed by atoms with Crippen LogP contribution in [-0.2, 0) is 7.05 Å². The fourth-order valence-corrected chi connectivity index (χ4v) is 3.22. The average molecular weight is 379 g/mol. The number of hydrogen-bond donors (Lipinski definition) is 1. The van der Waals surface area contributed by atoms with Crippen LogP contribution in [0.1, 0.15) is 0 Å². The molecule has 118 valence electrons. The summed E-state index contributed by atoms with van der Waals surface area (Å²) in [4.78, 5) is 8.88. The van der Waals surface area contributed by atoms with Gasteiger partial charge in [0.15, 0.2) is 0 Å². The smallest absolute Gasteiger partial charge is 0.145 e. The highest BCUT2D eigenvalue weighted by atomic mass is 79.9. The largest absolute Gasteiger partial charge is 0.340 e. The fraction of sp³-hybridized carbons (Fsp3) is 0.0526. The van der Waals surface area contributed by atoms with Crippen molar-refractivity contribution in [1.82, 2.24) is 14.5 Å². The van der Waals surface area contributed by atoms with Crippen LogP contribution in [0.4, 0.5) is 11.5 Å². The first kappa shape index (κ1) is 14.9. The van der Waals surface area contributed by atoms with Gasteiger partial charge < -0.3 is 9.88 Å². The van der Waals surface area contributed by atoms with Crippen molar-refractivity contribution in [3.05, 3.63) is 71.5 Å². The Bertz CT molecular complexity index is 1010. The van der Waals surface area contributed by atoms with E-state index in [4.69, 9.17) is 0 Å². The predicted molar refractivity (Wildman–Crippen MR) is 101 cm³/mol. The summed E-state index contributed by atoms with van der Waals surface area (Å²) in [5.41, 5.74) is 4.16. The van der Waals surface area contributed by atoms with Gasteiger partial charge in [-0.05, 0) is 29.8 Å². The Morgan fingerprint density at radius 3 is 2.58 bits per heavy atom. The number of hydrogen-bond acceptors (Lipinski definition) is 3. The lowest BCUT2D eigenvalue weighted by molar-refractivity contribution is 0.952. The molecule has 0 bridgehead atoms. The fourth-order valence-electron chi connectivity index (χ4n) is 2.82. The van der Waals surface area contributed by atoms with Crippen LogP contribution in [0.25, 0.3) is 22.3 Å². The summed E-state index contributed by atoms with van der Waals surface area (Å²) < 4.78 is 3.12. The van der Waals surface area contributed by atoms with Gasteiger partial charge in [0.2, 0.25) is 0 Å². The molecule has 0 atom stereocenters. The highest BCUT2D eigenvalue weighted by Gasteiger charge is 2.13. The van der Waals surface area contributed by atoms with Crippen LogP contribution in [0, 0.1) is 0 Å². The third-order valence-corrected chi connectivity index (χ3v) is 4.47. The molecule has 0 unspecified atom stereocenters. The van der Waals surface area contributed by atoms with Crippen molar-refractivity contribution in [3.8, 4) is 11.3 Å². The van der Waals surface area contributed by atoms with E-state index in [0.717, 1.165) is 38.3 Å². The van der Waals surface area contributed by atoms with E-state index < -0.39 is 0 Å². The standard InChI is InChI=1S/C19H15BrN4/c1-24-17(13-6-3-2-4-7-13)11-16-18(21-12-22-19(16)24)23-15-9-5-8-14(20)10-15/h2-12H,1H3,(H,21,22,23). The van der Waals surface area contributed by atoms with E-state index in [1.807, 2.05) is 49.5 Å². The van der Waals surface area contributed by atoms with E-state index in [2.05, 4.69) is 54.0 Å². The lowest BCUT2D eigenvalue weighted by Gasteiger charge is -2.07. The van der Waals surface area contributed by atoms with Crippen LogP contribution in [0.2, 0.25) is 0 Å². The molecular formula is C19H15BrN4. The van der Waals surface area contributed by atoms with Gasteiger partial charge in [-0.3, -0.25) is 0 Å². The van der Waals surface area contributed by atoms with Crippen LogP contribution < -0.4 is 5.32 Å². The van der Waals surface area contributed by atoms with Crippen LogP contribution >= 0.6 is 15.9 Å². The Balaban J connectivity index is 1.83. The number of rotatable bonds is 3. The predicted octanol–water partition coefficient (Wildman–Crippen LogP) is 5.14. The molecule has 0 saturated carbocycles. The van der Waals surface area contributed by atoms with E-state index in [-0.39, 0.29) is 0 Å². The van der Waals surface area contributed by atoms with Crippen molar-refractivity contribution >= 4 is 38.5 Å². The third kappa shape index (κ3) is 2.67. The van der Waals surface area contributed by atoms with Crippen molar-refractivity contribution in [2.24, 2.45) is 7.05 Å². The average Bonchev–Trinajstić information content (AvgIpc) is 2.94. The summed E-state index contributed by atoms with van der Waals surface area (Å²) in [7, 11) is 2.03. The summed E-state index contributed by atoms with van der Waals surface area (Å²) >= 11 is 3.49. The Kier molecular flexibility index (Phi) is 3.78. The molecule has 5 heteroatoms. The second-order valence-electron chi connectivity index (χ2n) is 5.55. The van der Waals surface area contributed by atoms with Crippen LogP contribution in [0.3, 0.4) is 0 Å². The molecule has 0 spiro atoms. The Morgan fingerprint density at radius 2 is 1.79 bits per heavy atom. The molecule has 0 saturated heterocycles. The summed E-state index contributed by atoms with van der Waals surface area (Å²) in [6.45, 7) is 0. The Labute approximate surface area is 148 Å². The van der Waals surface area contributed by atoms with Crippen molar-refractivity contribution in [1.29, 1.82) is 0 Å². The maximum Gasteiger partial charge on any atom is 0.145 e. The number of anilines is 2. The number of nitrogens with zero attached hydrogens (tertiary/aromatic N) is 3. The topological polar surface area (TPSA) is 42.7 Å². The molecule has 0 fully saturated rings. The molecule has 1 N–H and O–H groups in total. The normalized spacial score (nSPS) is 10.9. The monoisotopic (exact) mass is 378 g/mol. The van der Waals surface area contributed by atoms with Crippen molar-refractivity contribution in [2.45, 2.75) is 0 Å². The molecule has 4 rings (SSSR count). The van der Waals surface area contributed by atoms with Gasteiger partial charge in [-0.25, -0.2) is 9.97 Å². The quantitative estimate of drug-likeness (QED) is 0.536. The molecule has 4 aromatic rings. The highest BCUT2D eigenvalue weighted by molar-refractivity contribution is 9.10. The highest BCUT2D eigenvalue weighted by Crippen LogP contribution is 2.31. The third-order valence-electron chi connectivity index (χ3n) is 3.98. The second-order valence-corrected chi connectivity index (χ2v) is 6.47. The van der Waals surface area contributed by atoms with E-state index in [1.54, 1.807) is 6.33 Å². The van der Waals surface area contributed by atoms with Gasteiger partial charge in [0, 0.05) is 17.2 Å². The first-order chi connectivity index (χ1) is 11.7. The van der Waals surface area contributed by atoms with Crippen LogP contribution in [-0.4, -0.2) is 14.5 Å². The summed E-state index contributed by atoms with van der Waals surface area (Å²) in [5.74, 6) is 0.802. The molecule has 0 aliphatic rings. The summed E-state index contributed by atoms with van der Waals surface area (Å²) in [5, 5.41) is 4.38. The maximum atomic E-state index is 4.45. The van der Waals surface area contributed by atoms with Gasteiger partial charge in [0.1, 0.15) is 17.8 Å². The number of aromatic nitrogens is 3. The molecule has 2 aromatic carbocycles. The van der Waals surface area contributed by atoms with E-state index in [0.29, 0.717) is 0 Å². The summed E-state index contributed by atoms with van der Waals surface area (Å²) in [6.07, 6.45) is 1.59. The molecule has 2 heterocycles. The van der Waals surface area contributed by atoms with Gasteiger partial charge in [-0.2, -0.15) is 0 Å². The maximum absolute atomic E-state index is 4.45. The number of fused-ring (bicyclic) bond motifs is 1. The van der Waals surface area contributed by atoms with E-state index >= 15 is 0 Å². The van der Waals surface area contributed by atoms with Crippen molar-refractivity contribution in [2.75, 3.05) is 5.32 Å². The lowest BCUT2D eigenvalue weighted by atomic mass is 10.1. The number of aryl methyl sites for hydroxylation is 1. The SMILES string of the molecule is Cn1c(-c2ccccc2)cc2c(Nc3cccc(Br)c3)ncnc21. The molecule has 2 aromatic heterocycles. The first-order valence-electron chi connectivity index (χ1n) is 7.61. The van der Waals surface area contributed by atoms with Gasteiger partial charge in [-0.1, -0.05) is 52.3 Å². The molecular weight excluding hydrogens is 364 g/mol. The van der Waals surface area contributed by atoms with E-state index in [1.165, 1.54) is 0 Å². The zero-order chi connectivity index (χ0) is 16.5. The van der Waals surface area contributed by atoms with Crippen LogP contribution in [0.15, 0.2) is 71.5 Å². The Morgan fingerprint density at radius 1 is 0.958 bits per heavy atom. The second kappa shape index (κ2) is 6.09. The van der Waals surface area contributed by atoms with Crippen molar-refractivity contribution < 1.29 is 0 Å². The molecule has 24 heavy (non-hydrogen) atoms. The molecule has 0 aliphatic carbocycles.